The molecule has 27 heavy (non-hydrogen) atoms. The zero-order chi connectivity index (χ0) is 18.6. The Bertz CT molecular complexity index is 1070. The lowest BCUT2D eigenvalue weighted by Gasteiger charge is -2.07. The summed E-state index contributed by atoms with van der Waals surface area (Å²) in [6.45, 7) is 3.59. The molecule has 0 saturated heterocycles. The predicted molar refractivity (Wildman–Crippen MR) is 102 cm³/mol. The van der Waals surface area contributed by atoms with Crippen molar-refractivity contribution in [2.45, 2.75) is 20.0 Å². The van der Waals surface area contributed by atoms with Crippen LogP contribution in [0.4, 0.5) is 0 Å². The van der Waals surface area contributed by atoms with Crippen LogP contribution in [0.2, 0.25) is 0 Å². The van der Waals surface area contributed by atoms with Crippen molar-refractivity contribution in [2.75, 3.05) is 6.54 Å². The first kappa shape index (κ1) is 17.0. The lowest BCUT2D eigenvalue weighted by atomic mass is 10.2. The first-order chi connectivity index (χ1) is 13.2. The smallest absolute Gasteiger partial charge is 0.273 e. The molecule has 1 amide bonds. The number of benzene rings is 2. The summed E-state index contributed by atoms with van der Waals surface area (Å²) in [6.07, 6.45) is 1.79. The predicted octanol–water partition coefficient (Wildman–Crippen LogP) is 2.41. The number of rotatable bonds is 6. The van der Waals surface area contributed by atoms with Crippen LogP contribution in [0, 0.1) is 6.92 Å². The van der Waals surface area contributed by atoms with Gasteiger partial charge in [-0.25, -0.2) is 9.67 Å². The first-order valence-corrected chi connectivity index (χ1v) is 8.84. The van der Waals surface area contributed by atoms with Gasteiger partial charge in [0.25, 0.3) is 5.91 Å². The highest BCUT2D eigenvalue weighted by molar-refractivity contribution is 5.93. The minimum atomic E-state index is -0.212. The monoisotopic (exact) mass is 360 g/mol. The summed E-state index contributed by atoms with van der Waals surface area (Å²) in [6, 6.07) is 17.9. The van der Waals surface area contributed by atoms with Gasteiger partial charge in [-0.15, -0.1) is 5.10 Å². The number of nitrogens with one attached hydrogen (secondary N) is 1. The number of hydrogen-bond acceptors (Lipinski definition) is 4. The zero-order valence-corrected chi connectivity index (χ0v) is 15.0. The summed E-state index contributed by atoms with van der Waals surface area (Å²) in [5.74, 6) is -0.212. The molecule has 0 aliphatic heterocycles. The van der Waals surface area contributed by atoms with Crippen molar-refractivity contribution in [3.63, 3.8) is 0 Å². The summed E-state index contributed by atoms with van der Waals surface area (Å²) in [7, 11) is 0. The van der Waals surface area contributed by atoms with Crippen LogP contribution >= 0.6 is 0 Å². The van der Waals surface area contributed by atoms with Gasteiger partial charge in [0.05, 0.1) is 29.6 Å². The molecule has 0 saturated carbocycles. The maximum Gasteiger partial charge on any atom is 0.273 e. The van der Waals surface area contributed by atoms with Gasteiger partial charge in [-0.1, -0.05) is 47.7 Å². The fraction of sp³-hybridized carbons (Fsp3) is 0.200. The molecule has 0 aliphatic carbocycles. The molecule has 2 aromatic carbocycles. The van der Waals surface area contributed by atoms with Crippen LogP contribution in [-0.2, 0) is 13.1 Å². The summed E-state index contributed by atoms with van der Waals surface area (Å²) in [5.41, 5.74) is 4.23. The van der Waals surface area contributed by atoms with E-state index in [0.29, 0.717) is 25.3 Å². The van der Waals surface area contributed by atoms with Crippen LogP contribution in [0.1, 0.15) is 21.7 Å². The van der Waals surface area contributed by atoms with Gasteiger partial charge in [-0.2, -0.15) is 0 Å². The second-order valence-corrected chi connectivity index (χ2v) is 6.35. The van der Waals surface area contributed by atoms with Crippen molar-refractivity contribution < 1.29 is 4.79 Å². The van der Waals surface area contributed by atoms with Crippen molar-refractivity contribution in [1.82, 2.24) is 29.9 Å². The van der Waals surface area contributed by atoms with Crippen molar-refractivity contribution in [2.24, 2.45) is 0 Å². The van der Waals surface area contributed by atoms with E-state index in [2.05, 4.69) is 20.6 Å². The van der Waals surface area contributed by atoms with Gasteiger partial charge in [-0.3, -0.25) is 4.79 Å². The number of imidazole rings is 1. The average Bonchev–Trinajstić information content (AvgIpc) is 3.27. The Morgan fingerprint density at radius 3 is 2.70 bits per heavy atom. The van der Waals surface area contributed by atoms with Crippen LogP contribution < -0.4 is 5.32 Å². The minimum absolute atomic E-state index is 0.212. The lowest BCUT2D eigenvalue weighted by Crippen LogP contribution is -2.28. The van der Waals surface area contributed by atoms with E-state index in [1.807, 2.05) is 66.1 Å². The van der Waals surface area contributed by atoms with Gasteiger partial charge in [0.15, 0.2) is 5.69 Å². The highest BCUT2D eigenvalue weighted by atomic mass is 16.2. The molecule has 2 aromatic heterocycles. The van der Waals surface area contributed by atoms with Crippen LogP contribution in [0.15, 0.2) is 60.9 Å². The van der Waals surface area contributed by atoms with Gasteiger partial charge in [0.1, 0.15) is 0 Å². The van der Waals surface area contributed by atoms with Crippen molar-refractivity contribution in [3.8, 4) is 0 Å². The summed E-state index contributed by atoms with van der Waals surface area (Å²) >= 11 is 0. The van der Waals surface area contributed by atoms with Crippen LogP contribution in [-0.4, -0.2) is 37.0 Å². The number of aromatic nitrogens is 5. The molecule has 1 N–H and O–H groups in total. The molecule has 136 valence electrons. The fourth-order valence-electron chi connectivity index (χ4n) is 3.04. The number of carbonyl (C=O) groups excluding carboxylic acids is 1. The normalized spacial score (nSPS) is 11.0. The molecule has 0 atom stereocenters. The third-order valence-corrected chi connectivity index (χ3v) is 4.54. The number of hydrogen-bond donors (Lipinski definition) is 1. The first-order valence-electron chi connectivity index (χ1n) is 8.84. The molecule has 4 rings (SSSR count). The van der Waals surface area contributed by atoms with E-state index in [9.17, 15) is 4.79 Å². The molecule has 0 bridgehead atoms. The van der Waals surface area contributed by atoms with E-state index in [0.717, 1.165) is 22.3 Å². The van der Waals surface area contributed by atoms with E-state index in [1.165, 1.54) is 0 Å². The van der Waals surface area contributed by atoms with Gasteiger partial charge in [-0.05, 0) is 24.6 Å². The topological polar surface area (TPSA) is 77.6 Å². The van der Waals surface area contributed by atoms with Crippen molar-refractivity contribution >= 4 is 16.9 Å². The van der Waals surface area contributed by atoms with Crippen molar-refractivity contribution in [3.05, 3.63) is 77.9 Å². The second kappa shape index (κ2) is 7.41. The van der Waals surface area contributed by atoms with Crippen molar-refractivity contribution in [1.29, 1.82) is 0 Å². The van der Waals surface area contributed by atoms with Gasteiger partial charge < -0.3 is 9.88 Å². The molecule has 7 nitrogen and oxygen atoms in total. The van der Waals surface area contributed by atoms with E-state index in [-0.39, 0.29) is 5.91 Å². The van der Waals surface area contributed by atoms with E-state index >= 15 is 0 Å². The average molecular weight is 360 g/mol. The largest absolute Gasteiger partial charge is 0.349 e. The van der Waals surface area contributed by atoms with Gasteiger partial charge >= 0.3 is 0 Å². The Morgan fingerprint density at radius 1 is 1.07 bits per heavy atom. The summed E-state index contributed by atoms with van der Waals surface area (Å²) in [5, 5.41) is 11.1. The summed E-state index contributed by atoms with van der Waals surface area (Å²) < 4.78 is 3.77. The zero-order valence-electron chi connectivity index (χ0n) is 15.0. The molecule has 4 aromatic rings. The van der Waals surface area contributed by atoms with Crippen LogP contribution in [0.5, 0.6) is 0 Å². The molecular formula is C20H20N6O. The number of para-hydroxylation sites is 2. The molecular weight excluding hydrogens is 340 g/mol. The molecule has 7 heteroatoms. The highest BCUT2D eigenvalue weighted by Crippen LogP contribution is 2.11. The van der Waals surface area contributed by atoms with Crippen LogP contribution in [0.25, 0.3) is 11.0 Å². The third-order valence-electron chi connectivity index (χ3n) is 4.54. The van der Waals surface area contributed by atoms with E-state index in [4.69, 9.17) is 0 Å². The number of nitrogens with zero attached hydrogens (tertiary/aromatic N) is 5. The summed E-state index contributed by atoms with van der Waals surface area (Å²) in [4.78, 5) is 16.8. The molecule has 2 heterocycles. The third kappa shape index (κ3) is 3.57. The molecule has 0 unspecified atom stereocenters. The highest BCUT2D eigenvalue weighted by Gasteiger charge is 2.16. The molecule has 0 fully saturated rings. The SMILES string of the molecule is Cc1c(C(=O)NCCn2cnc3ccccc32)nnn1Cc1ccccc1. The number of fused-ring (bicyclic) bond motifs is 1. The quantitative estimate of drug-likeness (QED) is 0.573. The fourth-order valence-corrected chi connectivity index (χ4v) is 3.04. The Kier molecular flexibility index (Phi) is 4.65. The van der Waals surface area contributed by atoms with E-state index < -0.39 is 0 Å². The second-order valence-electron chi connectivity index (χ2n) is 6.35. The molecule has 0 spiro atoms. The molecule has 0 aliphatic rings. The Morgan fingerprint density at radius 2 is 1.85 bits per heavy atom. The number of amides is 1. The van der Waals surface area contributed by atoms with Crippen LogP contribution in [0.3, 0.4) is 0 Å². The Hall–Kier alpha value is -3.48. The Labute approximate surface area is 156 Å². The standard InChI is InChI=1S/C20H20N6O/c1-15-19(23-24-26(15)13-16-7-3-2-4-8-16)20(27)21-11-12-25-14-22-17-9-5-6-10-18(17)25/h2-10,14H,11-13H2,1H3,(H,21,27). The van der Waals surface area contributed by atoms with E-state index in [1.54, 1.807) is 11.0 Å². The lowest BCUT2D eigenvalue weighted by molar-refractivity contribution is 0.0946. The van der Waals surface area contributed by atoms with Gasteiger partial charge in [0.2, 0.25) is 0 Å². The number of carbonyl (C=O) groups is 1. The Balaban J connectivity index is 1.38. The maximum atomic E-state index is 12.5. The maximum absolute atomic E-state index is 12.5. The minimum Gasteiger partial charge on any atom is -0.349 e. The van der Waals surface area contributed by atoms with Gasteiger partial charge in [0, 0.05) is 13.1 Å². The molecule has 0 radical (unpaired) electrons.